The monoisotopic (exact) mass is 236 g/mol. The summed E-state index contributed by atoms with van der Waals surface area (Å²) in [7, 11) is 1.79. The highest BCUT2D eigenvalue weighted by Gasteiger charge is 2.15. The van der Waals surface area contributed by atoms with Crippen molar-refractivity contribution in [2.24, 2.45) is 5.92 Å². The lowest BCUT2D eigenvalue weighted by molar-refractivity contribution is 0.0129. The second-order valence-electron chi connectivity index (χ2n) is 4.12. The normalized spacial score (nSPS) is 14.8. The van der Waals surface area contributed by atoms with Crippen molar-refractivity contribution >= 4 is 15.9 Å². The Morgan fingerprint density at radius 1 is 1.42 bits per heavy atom. The predicted molar refractivity (Wildman–Crippen MR) is 57.9 cm³/mol. The molecule has 74 valence electrons. The Labute approximate surface area is 85.0 Å². The molecule has 0 aromatic heterocycles. The van der Waals surface area contributed by atoms with Crippen molar-refractivity contribution in [1.29, 1.82) is 0 Å². The van der Waals surface area contributed by atoms with Gasteiger partial charge in [0.15, 0.2) is 0 Å². The Kier molecular flexibility index (Phi) is 6.20. The second-order valence-corrected chi connectivity index (χ2v) is 4.76. The van der Waals surface area contributed by atoms with Crippen LogP contribution in [0.4, 0.5) is 0 Å². The van der Waals surface area contributed by atoms with E-state index in [0.717, 1.165) is 17.7 Å². The standard InChI is InChI=1S/C10H21BrO/c1-9(8-11)6-5-7-10(2,3)12-4/h9H,5-8H2,1-4H3. The third-order valence-corrected chi connectivity index (χ3v) is 3.40. The molecule has 0 fully saturated rings. The summed E-state index contributed by atoms with van der Waals surface area (Å²) in [6.45, 7) is 6.56. The van der Waals surface area contributed by atoms with E-state index in [1.165, 1.54) is 12.8 Å². The van der Waals surface area contributed by atoms with Crippen molar-refractivity contribution in [2.45, 2.75) is 45.6 Å². The van der Waals surface area contributed by atoms with Crippen LogP contribution in [0.2, 0.25) is 0 Å². The minimum Gasteiger partial charge on any atom is -0.379 e. The van der Waals surface area contributed by atoms with Crippen molar-refractivity contribution in [3.8, 4) is 0 Å². The molecule has 0 amide bonds. The molecule has 0 aromatic rings. The van der Waals surface area contributed by atoms with E-state index in [2.05, 4.69) is 36.7 Å². The largest absolute Gasteiger partial charge is 0.379 e. The van der Waals surface area contributed by atoms with E-state index in [0.29, 0.717) is 0 Å². The lowest BCUT2D eigenvalue weighted by Gasteiger charge is -2.23. The molecule has 0 heterocycles. The minimum atomic E-state index is 0.0615. The van der Waals surface area contributed by atoms with Gasteiger partial charge in [0.1, 0.15) is 0 Å². The van der Waals surface area contributed by atoms with E-state index in [-0.39, 0.29) is 5.60 Å². The first-order valence-corrected chi connectivity index (χ1v) is 5.75. The van der Waals surface area contributed by atoms with E-state index in [4.69, 9.17) is 4.74 Å². The van der Waals surface area contributed by atoms with E-state index in [9.17, 15) is 0 Å². The zero-order valence-electron chi connectivity index (χ0n) is 8.69. The van der Waals surface area contributed by atoms with Crippen LogP contribution in [0.1, 0.15) is 40.0 Å². The quantitative estimate of drug-likeness (QED) is 0.641. The van der Waals surface area contributed by atoms with Gasteiger partial charge in [-0.15, -0.1) is 0 Å². The Hall–Kier alpha value is 0.440. The second kappa shape index (κ2) is 5.98. The first-order chi connectivity index (χ1) is 5.52. The summed E-state index contributed by atoms with van der Waals surface area (Å²) in [5, 5.41) is 1.11. The van der Waals surface area contributed by atoms with Gasteiger partial charge in [-0.3, -0.25) is 0 Å². The third kappa shape index (κ3) is 6.01. The van der Waals surface area contributed by atoms with Crippen molar-refractivity contribution in [3.05, 3.63) is 0 Å². The average Bonchev–Trinajstić information content (AvgIpc) is 2.04. The molecule has 0 saturated carbocycles. The number of hydrogen-bond acceptors (Lipinski definition) is 1. The van der Waals surface area contributed by atoms with Gasteiger partial charge in [-0.25, -0.2) is 0 Å². The van der Waals surface area contributed by atoms with Crippen molar-refractivity contribution < 1.29 is 4.74 Å². The molecule has 2 heteroatoms. The van der Waals surface area contributed by atoms with E-state index >= 15 is 0 Å². The minimum absolute atomic E-state index is 0.0615. The van der Waals surface area contributed by atoms with Crippen LogP contribution in [0.15, 0.2) is 0 Å². The summed E-state index contributed by atoms with van der Waals surface area (Å²) in [4.78, 5) is 0. The lowest BCUT2D eigenvalue weighted by Crippen LogP contribution is -2.22. The maximum Gasteiger partial charge on any atom is 0.0622 e. The smallest absolute Gasteiger partial charge is 0.0622 e. The fourth-order valence-corrected chi connectivity index (χ4v) is 1.38. The van der Waals surface area contributed by atoms with Crippen LogP contribution in [-0.4, -0.2) is 18.0 Å². The fourth-order valence-electron chi connectivity index (χ4n) is 1.06. The number of methoxy groups -OCH3 is 1. The number of ether oxygens (including phenoxy) is 1. The zero-order chi connectivity index (χ0) is 9.61. The highest BCUT2D eigenvalue weighted by Crippen LogP contribution is 2.19. The van der Waals surface area contributed by atoms with Gasteiger partial charge in [-0.05, 0) is 32.6 Å². The van der Waals surface area contributed by atoms with Crippen molar-refractivity contribution in [3.63, 3.8) is 0 Å². The van der Waals surface area contributed by atoms with Crippen molar-refractivity contribution in [2.75, 3.05) is 12.4 Å². The Balaban J connectivity index is 3.42. The summed E-state index contributed by atoms with van der Waals surface area (Å²) >= 11 is 3.48. The number of halogens is 1. The molecule has 0 bridgehead atoms. The third-order valence-electron chi connectivity index (χ3n) is 2.29. The Bertz CT molecular complexity index is 112. The molecule has 0 aliphatic carbocycles. The molecule has 0 aromatic carbocycles. The summed E-state index contributed by atoms with van der Waals surface area (Å²) in [5.41, 5.74) is 0.0615. The van der Waals surface area contributed by atoms with Crippen molar-refractivity contribution in [1.82, 2.24) is 0 Å². The Morgan fingerprint density at radius 2 is 2.00 bits per heavy atom. The van der Waals surface area contributed by atoms with Crippen LogP contribution in [0.5, 0.6) is 0 Å². The topological polar surface area (TPSA) is 9.23 Å². The summed E-state index contributed by atoms with van der Waals surface area (Å²) in [5.74, 6) is 0.789. The van der Waals surface area contributed by atoms with Gasteiger partial charge in [0.2, 0.25) is 0 Å². The molecule has 0 aliphatic rings. The number of alkyl halides is 1. The molecular formula is C10H21BrO. The molecule has 1 atom stereocenters. The fraction of sp³-hybridized carbons (Fsp3) is 1.00. The zero-order valence-corrected chi connectivity index (χ0v) is 10.3. The van der Waals surface area contributed by atoms with Crippen LogP contribution in [0, 0.1) is 5.92 Å². The number of rotatable bonds is 6. The molecular weight excluding hydrogens is 216 g/mol. The first kappa shape index (κ1) is 12.4. The highest BCUT2D eigenvalue weighted by molar-refractivity contribution is 9.09. The van der Waals surface area contributed by atoms with Gasteiger partial charge < -0.3 is 4.74 Å². The molecule has 0 rings (SSSR count). The lowest BCUT2D eigenvalue weighted by atomic mass is 9.97. The van der Waals surface area contributed by atoms with Gasteiger partial charge in [0.25, 0.3) is 0 Å². The van der Waals surface area contributed by atoms with Gasteiger partial charge in [-0.1, -0.05) is 29.3 Å². The average molecular weight is 237 g/mol. The van der Waals surface area contributed by atoms with Crippen LogP contribution in [0.3, 0.4) is 0 Å². The molecule has 0 saturated heterocycles. The number of hydrogen-bond donors (Lipinski definition) is 0. The van der Waals surface area contributed by atoms with Gasteiger partial charge in [-0.2, -0.15) is 0 Å². The molecule has 0 spiro atoms. The van der Waals surface area contributed by atoms with Gasteiger partial charge in [0.05, 0.1) is 5.60 Å². The molecule has 1 unspecified atom stereocenters. The van der Waals surface area contributed by atoms with Gasteiger partial charge >= 0.3 is 0 Å². The van der Waals surface area contributed by atoms with Crippen LogP contribution >= 0.6 is 15.9 Å². The summed E-state index contributed by atoms with van der Waals surface area (Å²) in [6.07, 6.45) is 3.70. The van der Waals surface area contributed by atoms with E-state index in [1.807, 2.05) is 0 Å². The molecule has 12 heavy (non-hydrogen) atoms. The maximum atomic E-state index is 5.34. The SMILES string of the molecule is COC(C)(C)CCCC(C)CBr. The molecule has 0 aliphatic heterocycles. The Morgan fingerprint density at radius 3 is 2.42 bits per heavy atom. The first-order valence-electron chi connectivity index (χ1n) is 4.63. The van der Waals surface area contributed by atoms with Crippen LogP contribution < -0.4 is 0 Å². The van der Waals surface area contributed by atoms with Crippen LogP contribution in [0.25, 0.3) is 0 Å². The predicted octanol–water partition coefficient (Wildman–Crippen LogP) is 3.61. The molecule has 0 N–H and O–H groups in total. The summed E-state index contributed by atoms with van der Waals surface area (Å²) in [6, 6.07) is 0. The van der Waals surface area contributed by atoms with E-state index in [1.54, 1.807) is 7.11 Å². The van der Waals surface area contributed by atoms with Gasteiger partial charge in [0, 0.05) is 12.4 Å². The molecule has 0 radical (unpaired) electrons. The van der Waals surface area contributed by atoms with E-state index < -0.39 is 0 Å². The van der Waals surface area contributed by atoms with Crippen LogP contribution in [-0.2, 0) is 4.74 Å². The highest BCUT2D eigenvalue weighted by atomic mass is 79.9. The molecule has 1 nitrogen and oxygen atoms in total. The maximum absolute atomic E-state index is 5.34. The summed E-state index contributed by atoms with van der Waals surface area (Å²) < 4.78 is 5.34.